The number of nitrogens with zero attached hydrogens (tertiary/aromatic N) is 4. The second kappa shape index (κ2) is 6.98. The number of pyridine rings is 1. The van der Waals surface area contributed by atoms with Crippen molar-refractivity contribution in [3.05, 3.63) is 51.4 Å². The maximum absolute atomic E-state index is 11.5. The van der Waals surface area contributed by atoms with E-state index in [4.69, 9.17) is 9.47 Å². The smallest absolute Gasteiger partial charge is 0.392 e. The first-order valence-electron chi connectivity index (χ1n) is 7.34. The minimum absolute atomic E-state index is 0.139. The molecule has 3 rings (SSSR count). The van der Waals surface area contributed by atoms with Crippen molar-refractivity contribution in [3.8, 4) is 17.5 Å². The monoisotopic (exact) mass is 404 g/mol. The van der Waals surface area contributed by atoms with Crippen LogP contribution in [0.2, 0.25) is 0 Å². The predicted octanol–water partition coefficient (Wildman–Crippen LogP) is 4.28. The van der Waals surface area contributed by atoms with Crippen LogP contribution in [0, 0.1) is 10.1 Å². The summed E-state index contributed by atoms with van der Waals surface area (Å²) in [4.78, 5) is 22.9. The van der Waals surface area contributed by atoms with Crippen molar-refractivity contribution in [1.82, 2.24) is 15.0 Å². The lowest BCUT2D eigenvalue weighted by molar-refractivity contribution is -0.387. The number of benzene rings is 1. The van der Waals surface area contributed by atoms with E-state index in [1.807, 2.05) is 6.07 Å². The molecule has 2 heterocycles. The van der Waals surface area contributed by atoms with Crippen LogP contribution in [0.25, 0.3) is 10.9 Å². The van der Waals surface area contributed by atoms with Gasteiger partial charge in [-0.25, -0.2) is 0 Å². The van der Waals surface area contributed by atoms with Crippen LogP contribution < -0.4 is 9.47 Å². The summed E-state index contributed by atoms with van der Waals surface area (Å²) in [5, 5.41) is 12.3. The van der Waals surface area contributed by atoms with Crippen molar-refractivity contribution < 1.29 is 14.4 Å². The van der Waals surface area contributed by atoms with Crippen molar-refractivity contribution in [2.75, 3.05) is 0 Å². The fourth-order valence-corrected chi connectivity index (χ4v) is 2.64. The van der Waals surface area contributed by atoms with Crippen molar-refractivity contribution in [2.45, 2.75) is 20.0 Å². The molecule has 0 aliphatic rings. The van der Waals surface area contributed by atoms with Crippen LogP contribution in [0.15, 0.2) is 41.3 Å². The fourth-order valence-electron chi connectivity index (χ4n) is 2.19. The molecular weight excluding hydrogens is 392 g/mol. The largest absolute Gasteiger partial charge is 0.470 e. The number of ether oxygens (including phenoxy) is 2. The summed E-state index contributed by atoms with van der Waals surface area (Å²) in [7, 11) is 0. The summed E-state index contributed by atoms with van der Waals surface area (Å²) in [6, 6.07) is 7.09. The molecule has 0 bridgehead atoms. The van der Waals surface area contributed by atoms with E-state index >= 15 is 0 Å². The highest BCUT2D eigenvalue weighted by molar-refractivity contribution is 9.10. The molecule has 0 fully saturated rings. The molecule has 0 spiro atoms. The minimum atomic E-state index is -0.623. The van der Waals surface area contributed by atoms with Gasteiger partial charge in [0.2, 0.25) is 0 Å². The number of nitro groups is 1. The van der Waals surface area contributed by atoms with Crippen LogP contribution in [0.5, 0.6) is 17.5 Å². The molecule has 1 aromatic carbocycles. The summed E-state index contributed by atoms with van der Waals surface area (Å²) in [5.74, 6) is 0.000369. The van der Waals surface area contributed by atoms with Gasteiger partial charge in [-0.1, -0.05) is 22.0 Å². The molecule has 0 atom stereocenters. The Labute approximate surface area is 151 Å². The van der Waals surface area contributed by atoms with Crippen molar-refractivity contribution in [1.29, 1.82) is 0 Å². The van der Waals surface area contributed by atoms with E-state index in [0.29, 0.717) is 11.3 Å². The maximum atomic E-state index is 11.5. The lowest BCUT2D eigenvalue weighted by Gasteiger charge is -2.11. The fraction of sp³-hybridized carbons (Fsp3) is 0.188. The van der Waals surface area contributed by atoms with E-state index in [2.05, 4.69) is 30.9 Å². The molecule has 0 amide bonds. The number of rotatable bonds is 5. The van der Waals surface area contributed by atoms with Gasteiger partial charge in [0.15, 0.2) is 5.75 Å². The molecule has 0 unspecified atom stereocenters. The summed E-state index contributed by atoms with van der Waals surface area (Å²) in [6.45, 7) is 3.50. The zero-order valence-corrected chi connectivity index (χ0v) is 14.9. The van der Waals surface area contributed by atoms with Gasteiger partial charge in [-0.2, -0.15) is 9.97 Å². The SMILES string of the molecule is CC(C)Oc1ncnc(Oc2ccc(Br)c3cccnc23)c1[N+](=O)[O-]. The number of hydrogen-bond donors (Lipinski definition) is 0. The summed E-state index contributed by atoms with van der Waals surface area (Å²) in [5.41, 5.74) is 0.124. The number of fused-ring (bicyclic) bond motifs is 1. The van der Waals surface area contributed by atoms with E-state index in [1.165, 1.54) is 0 Å². The standard InChI is InChI=1S/C16H13BrN4O4/c1-9(2)24-15-14(21(22)23)16(20-8-19-15)25-12-6-5-11(17)10-4-3-7-18-13(10)12/h3-9H,1-2H3. The van der Waals surface area contributed by atoms with Gasteiger partial charge in [0.05, 0.1) is 11.0 Å². The summed E-state index contributed by atoms with van der Waals surface area (Å²) in [6.07, 6.45) is 2.49. The molecular formula is C16H13BrN4O4. The summed E-state index contributed by atoms with van der Waals surface area (Å²) < 4.78 is 11.9. The van der Waals surface area contributed by atoms with Crippen LogP contribution in [-0.2, 0) is 0 Å². The Morgan fingerprint density at radius 2 is 1.92 bits per heavy atom. The topological polar surface area (TPSA) is 100 Å². The van der Waals surface area contributed by atoms with Gasteiger partial charge in [0.1, 0.15) is 11.8 Å². The van der Waals surface area contributed by atoms with E-state index in [-0.39, 0.29) is 17.9 Å². The molecule has 0 N–H and O–H groups in total. The zero-order valence-electron chi connectivity index (χ0n) is 13.3. The molecule has 9 heteroatoms. The van der Waals surface area contributed by atoms with Gasteiger partial charge in [-0.05, 0) is 32.0 Å². The van der Waals surface area contributed by atoms with Gasteiger partial charge < -0.3 is 9.47 Å². The van der Waals surface area contributed by atoms with Gasteiger partial charge in [0, 0.05) is 16.1 Å². The van der Waals surface area contributed by atoms with Crippen LogP contribution in [-0.4, -0.2) is 26.0 Å². The maximum Gasteiger partial charge on any atom is 0.392 e. The molecule has 2 aromatic heterocycles. The molecule has 0 aliphatic carbocycles. The Morgan fingerprint density at radius 3 is 2.64 bits per heavy atom. The highest BCUT2D eigenvalue weighted by Crippen LogP contribution is 2.38. The number of hydrogen-bond acceptors (Lipinski definition) is 7. The third kappa shape index (κ3) is 3.50. The molecule has 25 heavy (non-hydrogen) atoms. The first-order valence-corrected chi connectivity index (χ1v) is 8.13. The Balaban J connectivity index is 2.10. The first-order chi connectivity index (χ1) is 12.0. The second-order valence-electron chi connectivity index (χ2n) is 5.30. The van der Waals surface area contributed by atoms with E-state index in [0.717, 1.165) is 16.2 Å². The third-order valence-corrected chi connectivity index (χ3v) is 3.86. The first kappa shape index (κ1) is 17.0. The van der Waals surface area contributed by atoms with Gasteiger partial charge in [-0.15, -0.1) is 0 Å². The van der Waals surface area contributed by atoms with Crippen LogP contribution in [0.3, 0.4) is 0 Å². The van der Waals surface area contributed by atoms with Gasteiger partial charge >= 0.3 is 17.4 Å². The minimum Gasteiger partial charge on any atom is -0.470 e. The van der Waals surface area contributed by atoms with E-state index in [9.17, 15) is 10.1 Å². The molecule has 0 saturated heterocycles. The molecule has 0 aliphatic heterocycles. The van der Waals surface area contributed by atoms with Crippen LogP contribution >= 0.6 is 15.9 Å². The van der Waals surface area contributed by atoms with Crippen LogP contribution in [0.4, 0.5) is 5.69 Å². The van der Waals surface area contributed by atoms with Gasteiger partial charge in [0.25, 0.3) is 0 Å². The Kier molecular flexibility index (Phi) is 4.75. The quantitative estimate of drug-likeness (QED) is 0.461. The van der Waals surface area contributed by atoms with Crippen molar-refractivity contribution in [2.24, 2.45) is 0 Å². The van der Waals surface area contributed by atoms with Crippen LogP contribution in [0.1, 0.15) is 13.8 Å². The lowest BCUT2D eigenvalue weighted by Crippen LogP contribution is -2.10. The summed E-state index contributed by atoms with van der Waals surface area (Å²) >= 11 is 3.44. The van der Waals surface area contributed by atoms with Crippen molar-refractivity contribution in [3.63, 3.8) is 0 Å². The Bertz CT molecular complexity index is 949. The van der Waals surface area contributed by atoms with Crippen molar-refractivity contribution >= 4 is 32.5 Å². The van der Waals surface area contributed by atoms with Gasteiger partial charge in [-0.3, -0.25) is 15.1 Å². The predicted molar refractivity (Wildman–Crippen MR) is 94.0 cm³/mol. The zero-order chi connectivity index (χ0) is 18.0. The molecule has 0 radical (unpaired) electrons. The lowest BCUT2D eigenvalue weighted by atomic mass is 10.2. The number of aromatic nitrogens is 3. The third-order valence-electron chi connectivity index (χ3n) is 3.17. The Morgan fingerprint density at radius 1 is 1.16 bits per heavy atom. The number of halogens is 1. The average Bonchev–Trinajstić information content (AvgIpc) is 2.57. The van der Waals surface area contributed by atoms with E-state index in [1.54, 1.807) is 38.2 Å². The highest BCUT2D eigenvalue weighted by atomic mass is 79.9. The molecule has 3 aromatic rings. The molecule has 0 saturated carbocycles. The normalized spacial score (nSPS) is 10.9. The molecule has 8 nitrogen and oxygen atoms in total. The average molecular weight is 405 g/mol. The van der Waals surface area contributed by atoms with E-state index < -0.39 is 10.6 Å². The second-order valence-corrected chi connectivity index (χ2v) is 6.16. The Hall–Kier alpha value is -2.81. The highest BCUT2D eigenvalue weighted by Gasteiger charge is 2.27. The molecule has 128 valence electrons.